The number of methoxy groups -OCH3 is 1. The number of nitrogens with one attached hydrogen (secondary N) is 1. The van der Waals surface area contributed by atoms with Gasteiger partial charge in [-0.2, -0.15) is 0 Å². The van der Waals surface area contributed by atoms with Crippen molar-refractivity contribution in [3.05, 3.63) is 65.2 Å². The Labute approximate surface area is 121 Å². The summed E-state index contributed by atoms with van der Waals surface area (Å²) < 4.78 is 31.3. The molecule has 0 bridgehead atoms. The fourth-order valence-corrected chi connectivity index (χ4v) is 2.01. The van der Waals surface area contributed by atoms with Gasteiger partial charge >= 0.3 is 0 Å². The Morgan fingerprint density at radius 2 is 1.81 bits per heavy atom. The molecule has 0 aliphatic rings. The number of para-hydroxylation sites is 1. The topological polar surface area (TPSA) is 38.3 Å². The van der Waals surface area contributed by atoms with Gasteiger partial charge in [-0.15, -0.1) is 0 Å². The maximum absolute atomic E-state index is 13.0. The Morgan fingerprint density at radius 3 is 2.48 bits per heavy atom. The summed E-state index contributed by atoms with van der Waals surface area (Å²) in [7, 11) is 1.58. The molecule has 2 aromatic carbocycles. The van der Waals surface area contributed by atoms with E-state index in [-0.39, 0.29) is 5.56 Å². The summed E-state index contributed by atoms with van der Waals surface area (Å²) in [6.07, 6.45) is 0.563. The Bertz CT molecular complexity index is 624. The van der Waals surface area contributed by atoms with Crippen molar-refractivity contribution in [2.75, 3.05) is 13.7 Å². The lowest BCUT2D eigenvalue weighted by Gasteiger charge is -2.09. The lowest BCUT2D eigenvalue weighted by atomic mass is 10.1. The average Bonchev–Trinajstić information content (AvgIpc) is 2.46. The molecule has 110 valence electrons. The number of rotatable bonds is 5. The molecule has 0 aliphatic heterocycles. The highest BCUT2D eigenvalue weighted by Crippen LogP contribution is 2.17. The van der Waals surface area contributed by atoms with Gasteiger partial charge in [-0.05, 0) is 30.2 Å². The van der Waals surface area contributed by atoms with E-state index in [1.807, 2.05) is 24.3 Å². The number of hydrogen-bond acceptors (Lipinski definition) is 2. The SMILES string of the molecule is COc1ccccc1CCNC(=O)c1cc(F)cc(F)c1. The standard InChI is InChI=1S/C16H15F2NO2/c1-21-15-5-3-2-4-11(15)6-7-19-16(20)12-8-13(17)10-14(18)9-12/h2-5,8-10H,6-7H2,1H3,(H,19,20). The summed E-state index contributed by atoms with van der Waals surface area (Å²) in [6, 6.07) is 10.2. The van der Waals surface area contributed by atoms with Gasteiger partial charge in [0.1, 0.15) is 17.4 Å². The molecule has 2 aromatic rings. The monoisotopic (exact) mass is 291 g/mol. The molecule has 5 heteroatoms. The Morgan fingerprint density at radius 1 is 1.14 bits per heavy atom. The molecule has 3 nitrogen and oxygen atoms in total. The van der Waals surface area contributed by atoms with Crippen molar-refractivity contribution in [3.8, 4) is 5.75 Å². The molecule has 0 atom stereocenters. The van der Waals surface area contributed by atoms with Gasteiger partial charge in [0.25, 0.3) is 5.91 Å². The van der Waals surface area contributed by atoms with Crippen LogP contribution in [0.15, 0.2) is 42.5 Å². The van der Waals surface area contributed by atoms with Crippen LogP contribution < -0.4 is 10.1 Å². The molecule has 0 radical (unpaired) electrons. The second kappa shape index (κ2) is 6.83. The molecule has 1 N–H and O–H groups in total. The fraction of sp³-hybridized carbons (Fsp3) is 0.188. The number of carbonyl (C=O) groups is 1. The van der Waals surface area contributed by atoms with Gasteiger partial charge in [0.2, 0.25) is 0 Å². The summed E-state index contributed by atoms with van der Waals surface area (Å²) in [5.41, 5.74) is 0.915. The molecule has 2 rings (SSSR count). The maximum atomic E-state index is 13.0. The van der Waals surface area contributed by atoms with Crippen molar-refractivity contribution in [2.24, 2.45) is 0 Å². The highest BCUT2D eigenvalue weighted by atomic mass is 19.1. The average molecular weight is 291 g/mol. The molecule has 0 saturated heterocycles. The van der Waals surface area contributed by atoms with Gasteiger partial charge in [-0.25, -0.2) is 8.78 Å². The number of amides is 1. The van der Waals surface area contributed by atoms with Gasteiger partial charge in [0.05, 0.1) is 7.11 Å². The van der Waals surface area contributed by atoms with E-state index in [1.54, 1.807) is 7.11 Å². The number of ether oxygens (including phenoxy) is 1. The summed E-state index contributed by atoms with van der Waals surface area (Å²) in [5.74, 6) is -1.32. The van der Waals surface area contributed by atoms with Crippen molar-refractivity contribution in [2.45, 2.75) is 6.42 Å². The third-order valence-corrected chi connectivity index (χ3v) is 3.00. The van der Waals surface area contributed by atoms with Gasteiger partial charge in [-0.3, -0.25) is 4.79 Å². The third kappa shape index (κ3) is 4.02. The normalized spacial score (nSPS) is 10.2. The minimum Gasteiger partial charge on any atom is -0.496 e. The van der Waals surface area contributed by atoms with E-state index in [9.17, 15) is 13.6 Å². The van der Waals surface area contributed by atoms with E-state index >= 15 is 0 Å². The quantitative estimate of drug-likeness (QED) is 0.920. The minimum atomic E-state index is -0.773. The smallest absolute Gasteiger partial charge is 0.251 e. The molecule has 0 spiro atoms. The van der Waals surface area contributed by atoms with Crippen LogP contribution in [0.1, 0.15) is 15.9 Å². The zero-order valence-corrected chi connectivity index (χ0v) is 11.5. The first kappa shape index (κ1) is 15.0. The Kier molecular flexibility index (Phi) is 4.87. The highest BCUT2D eigenvalue weighted by Gasteiger charge is 2.09. The van der Waals surface area contributed by atoms with Gasteiger partial charge in [0, 0.05) is 18.2 Å². The molecule has 1 amide bonds. The van der Waals surface area contributed by atoms with Crippen molar-refractivity contribution in [1.29, 1.82) is 0 Å². The van der Waals surface area contributed by atoms with E-state index in [0.29, 0.717) is 13.0 Å². The molecule has 0 unspecified atom stereocenters. The Balaban J connectivity index is 1.95. The molecule has 0 aromatic heterocycles. The van der Waals surface area contributed by atoms with Crippen molar-refractivity contribution < 1.29 is 18.3 Å². The molecular formula is C16H15F2NO2. The molecule has 0 heterocycles. The second-order valence-electron chi connectivity index (χ2n) is 4.48. The van der Waals surface area contributed by atoms with Crippen LogP contribution in [0.2, 0.25) is 0 Å². The van der Waals surface area contributed by atoms with Crippen LogP contribution in [0.4, 0.5) is 8.78 Å². The first-order valence-electron chi connectivity index (χ1n) is 6.46. The second-order valence-corrected chi connectivity index (χ2v) is 4.48. The lowest BCUT2D eigenvalue weighted by Crippen LogP contribution is -2.26. The summed E-state index contributed by atoms with van der Waals surface area (Å²) in [4.78, 5) is 11.8. The first-order chi connectivity index (χ1) is 10.1. The van der Waals surface area contributed by atoms with Crippen LogP contribution in [0, 0.1) is 11.6 Å². The van der Waals surface area contributed by atoms with Crippen molar-refractivity contribution in [1.82, 2.24) is 5.32 Å². The maximum Gasteiger partial charge on any atom is 0.251 e. The van der Waals surface area contributed by atoms with Crippen LogP contribution in [0.25, 0.3) is 0 Å². The summed E-state index contributed by atoms with van der Waals surface area (Å²) in [6.45, 7) is 0.345. The van der Waals surface area contributed by atoms with Crippen LogP contribution in [0.5, 0.6) is 5.75 Å². The largest absolute Gasteiger partial charge is 0.496 e. The zero-order valence-electron chi connectivity index (χ0n) is 11.5. The fourth-order valence-electron chi connectivity index (χ4n) is 2.01. The first-order valence-corrected chi connectivity index (χ1v) is 6.46. The molecular weight excluding hydrogens is 276 g/mol. The van der Waals surface area contributed by atoms with Crippen LogP contribution >= 0.6 is 0 Å². The van der Waals surface area contributed by atoms with Gasteiger partial charge < -0.3 is 10.1 Å². The minimum absolute atomic E-state index is 0.0347. The van der Waals surface area contributed by atoms with Gasteiger partial charge in [0.15, 0.2) is 0 Å². The highest BCUT2D eigenvalue weighted by molar-refractivity contribution is 5.94. The molecule has 0 saturated carbocycles. The zero-order chi connectivity index (χ0) is 15.2. The van der Waals surface area contributed by atoms with Crippen LogP contribution in [0.3, 0.4) is 0 Å². The van der Waals surface area contributed by atoms with E-state index in [0.717, 1.165) is 29.5 Å². The molecule has 21 heavy (non-hydrogen) atoms. The summed E-state index contributed by atoms with van der Waals surface area (Å²) >= 11 is 0. The van der Waals surface area contributed by atoms with E-state index in [2.05, 4.69) is 5.32 Å². The van der Waals surface area contributed by atoms with E-state index < -0.39 is 17.5 Å². The number of hydrogen-bond donors (Lipinski definition) is 1. The number of benzene rings is 2. The summed E-state index contributed by atoms with van der Waals surface area (Å²) in [5, 5.41) is 2.63. The van der Waals surface area contributed by atoms with Crippen LogP contribution in [-0.4, -0.2) is 19.6 Å². The van der Waals surface area contributed by atoms with Crippen molar-refractivity contribution in [3.63, 3.8) is 0 Å². The molecule has 0 fully saturated rings. The predicted molar refractivity (Wildman–Crippen MR) is 75.4 cm³/mol. The van der Waals surface area contributed by atoms with Crippen LogP contribution in [-0.2, 0) is 6.42 Å². The van der Waals surface area contributed by atoms with Crippen molar-refractivity contribution >= 4 is 5.91 Å². The number of carbonyl (C=O) groups excluding carboxylic acids is 1. The van der Waals surface area contributed by atoms with Gasteiger partial charge in [-0.1, -0.05) is 18.2 Å². The molecule has 0 aliphatic carbocycles. The van der Waals surface area contributed by atoms with E-state index in [1.165, 1.54) is 0 Å². The Hall–Kier alpha value is -2.43. The predicted octanol–water partition coefficient (Wildman–Crippen LogP) is 2.95. The lowest BCUT2D eigenvalue weighted by molar-refractivity contribution is 0.0953. The number of halogens is 2. The third-order valence-electron chi connectivity index (χ3n) is 3.00. The van der Waals surface area contributed by atoms with E-state index in [4.69, 9.17) is 4.74 Å².